The summed E-state index contributed by atoms with van der Waals surface area (Å²) in [6.07, 6.45) is 3.44. The lowest BCUT2D eigenvalue weighted by Crippen LogP contribution is -2.10. The van der Waals surface area contributed by atoms with Gasteiger partial charge in [-0.25, -0.2) is 4.98 Å². The Morgan fingerprint density at radius 1 is 1.40 bits per heavy atom. The Morgan fingerprint density at radius 3 is 2.95 bits per heavy atom. The van der Waals surface area contributed by atoms with Crippen molar-refractivity contribution in [2.75, 3.05) is 17.6 Å². The second-order valence-corrected chi connectivity index (χ2v) is 4.85. The number of aromatic amines is 1. The van der Waals surface area contributed by atoms with Gasteiger partial charge in [0.2, 0.25) is 0 Å². The highest BCUT2D eigenvalue weighted by Gasteiger charge is 2.07. The molecule has 20 heavy (non-hydrogen) atoms. The molecule has 0 aliphatic heterocycles. The first-order chi connectivity index (χ1) is 9.66. The van der Waals surface area contributed by atoms with Crippen LogP contribution in [0.4, 0.5) is 11.4 Å². The topological polar surface area (TPSA) is 88.8 Å². The molecule has 0 radical (unpaired) electrons. The van der Waals surface area contributed by atoms with Crippen LogP contribution in [-0.4, -0.2) is 27.8 Å². The van der Waals surface area contributed by atoms with Crippen LogP contribution >= 0.6 is 0 Å². The van der Waals surface area contributed by atoms with Gasteiger partial charge < -0.3 is 15.8 Å². The van der Waals surface area contributed by atoms with Gasteiger partial charge in [-0.3, -0.25) is 5.10 Å². The van der Waals surface area contributed by atoms with Crippen molar-refractivity contribution in [1.82, 2.24) is 15.2 Å². The minimum absolute atomic E-state index is 0.110. The molecule has 0 spiro atoms. The maximum absolute atomic E-state index is 6.09. The summed E-state index contributed by atoms with van der Waals surface area (Å²) in [5.74, 6) is 1.62. The van der Waals surface area contributed by atoms with Crippen molar-refractivity contribution < 1.29 is 4.74 Å². The third kappa shape index (κ3) is 3.88. The van der Waals surface area contributed by atoms with Gasteiger partial charge in [-0.15, -0.1) is 0 Å². The molecular weight excluding hydrogens is 254 g/mol. The Morgan fingerprint density at radius 2 is 2.25 bits per heavy atom. The fourth-order valence-corrected chi connectivity index (χ4v) is 1.89. The van der Waals surface area contributed by atoms with Gasteiger partial charge in [0.25, 0.3) is 0 Å². The van der Waals surface area contributed by atoms with Crippen molar-refractivity contribution in [3.63, 3.8) is 0 Å². The first-order valence-electron chi connectivity index (χ1n) is 6.80. The van der Waals surface area contributed by atoms with E-state index in [0.717, 1.165) is 36.6 Å². The Hall–Kier alpha value is -2.24. The van der Waals surface area contributed by atoms with Crippen LogP contribution in [0.1, 0.15) is 26.1 Å². The molecule has 6 nitrogen and oxygen atoms in total. The molecule has 0 saturated heterocycles. The lowest BCUT2D eigenvalue weighted by Gasteiger charge is -2.15. The SMILES string of the molecule is CC(C)Oc1cccc(NCCCc2ncn[nH]2)c1N. The van der Waals surface area contributed by atoms with Crippen molar-refractivity contribution in [2.45, 2.75) is 32.8 Å². The molecule has 0 amide bonds. The van der Waals surface area contributed by atoms with Gasteiger partial charge in [0.1, 0.15) is 17.9 Å². The predicted molar refractivity (Wildman–Crippen MR) is 79.8 cm³/mol. The minimum atomic E-state index is 0.110. The highest BCUT2D eigenvalue weighted by molar-refractivity contribution is 5.72. The van der Waals surface area contributed by atoms with Crippen LogP contribution in [0.3, 0.4) is 0 Å². The molecule has 1 heterocycles. The molecule has 0 fully saturated rings. The molecule has 2 aromatic rings. The summed E-state index contributed by atoms with van der Waals surface area (Å²) in [6.45, 7) is 4.78. The van der Waals surface area contributed by atoms with E-state index in [9.17, 15) is 0 Å². The van der Waals surface area contributed by atoms with E-state index in [1.54, 1.807) is 0 Å². The summed E-state index contributed by atoms with van der Waals surface area (Å²) < 4.78 is 5.66. The maximum Gasteiger partial charge on any atom is 0.144 e. The summed E-state index contributed by atoms with van der Waals surface area (Å²) in [4.78, 5) is 4.09. The van der Waals surface area contributed by atoms with Crippen molar-refractivity contribution in [3.05, 3.63) is 30.4 Å². The number of nitrogens with two attached hydrogens (primary N) is 1. The van der Waals surface area contributed by atoms with E-state index in [4.69, 9.17) is 10.5 Å². The van der Waals surface area contributed by atoms with Crippen LogP contribution in [0.2, 0.25) is 0 Å². The molecule has 6 heteroatoms. The molecule has 0 bridgehead atoms. The third-order valence-electron chi connectivity index (χ3n) is 2.80. The molecular formula is C14H21N5O. The number of hydrogen-bond acceptors (Lipinski definition) is 5. The zero-order chi connectivity index (χ0) is 14.4. The molecule has 0 atom stereocenters. The molecule has 0 aliphatic rings. The number of nitrogens with one attached hydrogen (secondary N) is 2. The molecule has 1 aromatic heterocycles. The van der Waals surface area contributed by atoms with Gasteiger partial charge in [-0.2, -0.15) is 5.10 Å². The second kappa shape index (κ2) is 6.79. The monoisotopic (exact) mass is 275 g/mol. The first kappa shape index (κ1) is 14.2. The molecule has 0 aliphatic carbocycles. The number of nitrogens with zero attached hydrogens (tertiary/aromatic N) is 2. The fraction of sp³-hybridized carbons (Fsp3) is 0.429. The maximum atomic E-state index is 6.09. The molecule has 4 N–H and O–H groups in total. The van der Waals surface area contributed by atoms with Crippen molar-refractivity contribution in [2.24, 2.45) is 0 Å². The predicted octanol–water partition coefficient (Wildman–Crippen LogP) is 2.22. The van der Waals surface area contributed by atoms with E-state index < -0.39 is 0 Å². The third-order valence-corrected chi connectivity index (χ3v) is 2.80. The lowest BCUT2D eigenvalue weighted by molar-refractivity contribution is 0.244. The van der Waals surface area contributed by atoms with Gasteiger partial charge in [0, 0.05) is 13.0 Å². The number of aromatic nitrogens is 3. The smallest absolute Gasteiger partial charge is 0.144 e. The van der Waals surface area contributed by atoms with Crippen molar-refractivity contribution >= 4 is 11.4 Å². The molecule has 1 aromatic carbocycles. The lowest BCUT2D eigenvalue weighted by atomic mass is 10.2. The molecule has 0 unspecified atom stereocenters. The number of para-hydroxylation sites is 1. The van der Waals surface area contributed by atoms with E-state index in [1.807, 2.05) is 32.0 Å². The van der Waals surface area contributed by atoms with E-state index in [0.29, 0.717) is 5.69 Å². The number of ether oxygens (including phenoxy) is 1. The molecule has 2 rings (SSSR count). The zero-order valence-electron chi connectivity index (χ0n) is 11.9. The number of hydrogen-bond donors (Lipinski definition) is 3. The average Bonchev–Trinajstić information content (AvgIpc) is 2.91. The van der Waals surface area contributed by atoms with Crippen LogP contribution in [-0.2, 0) is 6.42 Å². The highest BCUT2D eigenvalue weighted by Crippen LogP contribution is 2.30. The van der Waals surface area contributed by atoms with E-state index in [-0.39, 0.29) is 6.10 Å². The summed E-state index contributed by atoms with van der Waals surface area (Å²) in [6, 6.07) is 5.78. The zero-order valence-corrected chi connectivity index (χ0v) is 11.9. The van der Waals surface area contributed by atoms with E-state index >= 15 is 0 Å². The Kier molecular flexibility index (Phi) is 4.81. The standard InChI is InChI=1S/C14H21N5O/c1-10(2)20-12-6-3-5-11(14(12)15)16-8-4-7-13-17-9-18-19-13/h3,5-6,9-10,16H,4,7-8,15H2,1-2H3,(H,17,18,19). The van der Waals surface area contributed by atoms with Gasteiger partial charge in [0.05, 0.1) is 17.5 Å². The number of H-pyrrole nitrogens is 1. The number of rotatable bonds is 7. The number of benzene rings is 1. The summed E-state index contributed by atoms with van der Waals surface area (Å²) in [7, 11) is 0. The van der Waals surface area contributed by atoms with Crippen molar-refractivity contribution in [3.8, 4) is 5.75 Å². The van der Waals surface area contributed by atoms with Gasteiger partial charge in [0.15, 0.2) is 0 Å². The fourth-order valence-electron chi connectivity index (χ4n) is 1.89. The highest BCUT2D eigenvalue weighted by atomic mass is 16.5. The number of nitrogen functional groups attached to an aromatic ring is 1. The summed E-state index contributed by atoms with van der Waals surface area (Å²) in [5, 5.41) is 9.99. The van der Waals surface area contributed by atoms with Crippen LogP contribution in [0, 0.1) is 0 Å². The normalized spacial score (nSPS) is 10.8. The van der Waals surface area contributed by atoms with E-state index in [1.165, 1.54) is 6.33 Å². The average molecular weight is 275 g/mol. The number of anilines is 2. The van der Waals surface area contributed by atoms with Crippen LogP contribution in [0.5, 0.6) is 5.75 Å². The van der Waals surface area contributed by atoms with Crippen molar-refractivity contribution in [1.29, 1.82) is 0 Å². The molecule has 0 saturated carbocycles. The Bertz CT molecular complexity index is 524. The minimum Gasteiger partial charge on any atom is -0.489 e. The quantitative estimate of drug-likeness (QED) is 0.532. The Balaban J connectivity index is 1.86. The van der Waals surface area contributed by atoms with Gasteiger partial charge in [-0.05, 0) is 32.4 Å². The van der Waals surface area contributed by atoms with Crippen LogP contribution < -0.4 is 15.8 Å². The van der Waals surface area contributed by atoms with Gasteiger partial charge in [-0.1, -0.05) is 6.07 Å². The Labute approximate surface area is 118 Å². The second-order valence-electron chi connectivity index (χ2n) is 4.85. The van der Waals surface area contributed by atoms with Crippen LogP contribution in [0.15, 0.2) is 24.5 Å². The van der Waals surface area contributed by atoms with E-state index in [2.05, 4.69) is 20.5 Å². The number of aryl methyl sites for hydroxylation is 1. The summed E-state index contributed by atoms with van der Waals surface area (Å²) in [5.41, 5.74) is 7.65. The summed E-state index contributed by atoms with van der Waals surface area (Å²) >= 11 is 0. The largest absolute Gasteiger partial charge is 0.489 e. The van der Waals surface area contributed by atoms with Gasteiger partial charge >= 0.3 is 0 Å². The van der Waals surface area contributed by atoms with Crippen LogP contribution in [0.25, 0.3) is 0 Å². The first-order valence-corrected chi connectivity index (χ1v) is 6.80. The molecule has 108 valence electrons.